The van der Waals surface area contributed by atoms with E-state index in [1.54, 1.807) is 0 Å². The number of rotatable bonds is 4. The van der Waals surface area contributed by atoms with Gasteiger partial charge in [-0.15, -0.1) is 0 Å². The van der Waals surface area contributed by atoms with Gasteiger partial charge in [0.25, 0.3) is 0 Å². The number of ether oxygens (including phenoxy) is 1. The van der Waals surface area contributed by atoms with E-state index < -0.39 is 0 Å². The maximum absolute atomic E-state index is 11.0. The van der Waals surface area contributed by atoms with Crippen molar-refractivity contribution < 1.29 is 9.53 Å². The van der Waals surface area contributed by atoms with Gasteiger partial charge in [-0.25, -0.2) is 0 Å². The minimum absolute atomic E-state index is 0.0201. The van der Waals surface area contributed by atoms with Crippen LogP contribution in [0.25, 0.3) is 0 Å². The molecular weight excluding hydrogens is 200 g/mol. The highest BCUT2D eigenvalue weighted by Gasteiger charge is 1.97. The highest BCUT2D eigenvalue weighted by Crippen LogP contribution is 2.11. The molecule has 0 aromatic heterocycles. The average molecular weight is 211 g/mol. The summed E-state index contributed by atoms with van der Waals surface area (Å²) >= 11 is 5.24. The van der Waals surface area contributed by atoms with Crippen molar-refractivity contribution in [1.82, 2.24) is 0 Å². The first-order valence-corrected chi connectivity index (χ1v) is 4.65. The molecular formula is C11H11ClO2. The molecule has 0 aliphatic carbocycles. The Hall–Kier alpha value is -1.28. The summed E-state index contributed by atoms with van der Waals surface area (Å²) in [6.45, 7) is 2.01. The Bertz CT molecular complexity index is 328. The Kier molecular flexibility index (Phi) is 4.20. The topological polar surface area (TPSA) is 26.3 Å². The van der Waals surface area contributed by atoms with E-state index in [1.807, 2.05) is 31.2 Å². The summed E-state index contributed by atoms with van der Waals surface area (Å²) in [7, 11) is 0. The van der Waals surface area contributed by atoms with E-state index in [0.29, 0.717) is 5.75 Å². The largest absolute Gasteiger partial charge is 0.485 e. The van der Waals surface area contributed by atoms with Crippen LogP contribution < -0.4 is 4.74 Å². The summed E-state index contributed by atoms with van der Waals surface area (Å²) in [5.74, 6) is 0.535. The zero-order valence-corrected chi connectivity index (χ0v) is 8.62. The third-order valence-corrected chi connectivity index (χ3v) is 1.78. The number of hydrogen-bond donors (Lipinski definition) is 0. The molecule has 1 aromatic carbocycles. The molecule has 0 bridgehead atoms. The maximum atomic E-state index is 11.0. The molecule has 0 saturated heterocycles. The lowest BCUT2D eigenvalue weighted by atomic mass is 10.2. The standard InChI is InChI=1S/C11H11ClO2/c1-9-2-4-11(5-3-9)14-8-10(13)6-7-12/h2-7H,8H2,1H3/b7-6+. The summed E-state index contributed by atoms with van der Waals surface area (Å²) in [5.41, 5.74) is 2.34. The van der Waals surface area contributed by atoms with Crippen LogP contribution in [0.15, 0.2) is 35.9 Å². The molecule has 0 amide bonds. The molecule has 1 rings (SSSR count). The number of ketones is 1. The Balaban J connectivity index is 2.46. The lowest BCUT2D eigenvalue weighted by Gasteiger charge is -2.03. The first-order chi connectivity index (χ1) is 6.72. The minimum atomic E-state index is -0.152. The fourth-order valence-electron chi connectivity index (χ4n) is 0.907. The quantitative estimate of drug-likeness (QED) is 0.715. The molecule has 0 spiro atoms. The predicted molar refractivity (Wildman–Crippen MR) is 56.7 cm³/mol. The van der Waals surface area contributed by atoms with Crippen molar-refractivity contribution in [3.05, 3.63) is 41.4 Å². The van der Waals surface area contributed by atoms with Crippen LogP contribution in [0.3, 0.4) is 0 Å². The molecule has 0 fully saturated rings. The molecule has 0 radical (unpaired) electrons. The monoisotopic (exact) mass is 210 g/mol. The zero-order chi connectivity index (χ0) is 10.4. The molecule has 3 heteroatoms. The second-order valence-corrected chi connectivity index (χ2v) is 3.11. The van der Waals surface area contributed by atoms with Crippen molar-refractivity contribution >= 4 is 17.4 Å². The normalized spacial score (nSPS) is 10.4. The number of benzene rings is 1. The number of aryl methyl sites for hydroxylation is 1. The zero-order valence-electron chi connectivity index (χ0n) is 7.87. The highest BCUT2D eigenvalue weighted by molar-refractivity contribution is 6.26. The van der Waals surface area contributed by atoms with Crippen LogP contribution >= 0.6 is 11.6 Å². The van der Waals surface area contributed by atoms with Crippen LogP contribution in [-0.4, -0.2) is 12.4 Å². The van der Waals surface area contributed by atoms with Crippen LogP contribution in [0.4, 0.5) is 0 Å². The molecule has 2 nitrogen and oxygen atoms in total. The van der Waals surface area contributed by atoms with Gasteiger partial charge in [0.2, 0.25) is 0 Å². The van der Waals surface area contributed by atoms with Crippen LogP contribution in [0.2, 0.25) is 0 Å². The fourth-order valence-corrected chi connectivity index (χ4v) is 1.05. The molecule has 0 unspecified atom stereocenters. The van der Waals surface area contributed by atoms with E-state index in [2.05, 4.69) is 0 Å². The minimum Gasteiger partial charge on any atom is -0.485 e. The van der Waals surface area contributed by atoms with Crippen LogP contribution in [0.5, 0.6) is 5.75 Å². The molecule has 0 saturated carbocycles. The number of halogens is 1. The maximum Gasteiger partial charge on any atom is 0.193 e. The van der Waals surface area contributed by atoms with Crippen molar-refractivity contribution in [2.75, 3.05) is 6.61 Å². The lowest BCUT2D eigenvalue weighted by molar-refractivity contribution is -0.116. The van der Waals surface area contributed by atoms with Crippen molar-refractivity contribution in [2.24, 2.45) is 0 Å². The Morgan fingerprint density at radius 1 is 1.43 bits per heavy atom. The molecule has 0 aliphatic rings. The molecule has 14 heavy (non-hydrogen) atoms. The van der Waals surface area contributed by atoms with Gasteiger partial charge < -0.3 is 4.74 Å². The van der Waals surface area contributed by atoms with Crippen molar-refractivity contribution in [3.8, 4) is 5.75 Å². The van der Waals surface area contributed by atoms with Crippen LogP contribution in [0.1, 0.15) is 5.56 Å². The Morgan fingerprint density at radius 3 is 2.64 bits per heavy atom. The predicted octanol–water partition coefficient (Wildman–Crippen LogP) is 2.70. The molecule has 0 heterocycles. The van der Waals surface area contributed by atoms with Crippen LogP contribution in [0, 0.1) is 6.92 Å². The molecule has 0 atom stereocenters. The van der Waals surface area contributed by atoms with Gasteiger partial charge in [-0.1, -0.05) is 29.3 Å². The van der Waals surface area contributed by atoms with E-state index in [0.717, 1.165) is 5.56 Å². The summed E-state index contributed by atoms with van der Waals surface area (Å²) in [6.07, 6.45) is 1.27. The summed E-state index contributed by atoms with van der Waals surface area (Å²) in [6, 6.07) is 7.51. The SMILES string of the molecule is Cc1ccc(OCC(=O)/C=C/Cl)cc1. The second kappa shape index (κ2) is 5.45. The first kappa shape index (κ1) is 10.8. The molecule has 1 aromatic rings. The smallest absolute Gasteiger partial charge is 0.193 e. The second-order valence-electron chi connectivity index (χ2n) is 2.86. The summed E-state index contributed by atoms with van der Waals surface area (Å²) in [4.78, 5) is 11.0. The van der Waals surface area contributed by atoms with E-state index >= 15 is 0 Å². The van der Waals surface area contributed by atoms with Gasteiger partial charge in [-0.2, -0.15) is 0 Å². The van der Waals surface area contributed by atoms with E-state index in [-0.39, 0.29) is 12.4 Å². The Labute approximate surface area is 88.1 Å². The summed E-state index contributed by atoms with van der Waals surface area (Å²) < 4.78 is 5.22. The van der Waals surface area contributed by atoms with E-state index in [4.69, 9.17) is 16.3 Å². The van der Waals surface area contributed by atoms with Gasteiger partial charge in [-0.05, 0) is 25.1 Å². The third-order valence-electron chi connectivity index (χ3n) is 1.65. The van der Waals surface area contributed by atoms with Crippen molar-refractivity contribution in [2.45, 2.75) is 6.92 Å². The Morgan fingerprint density at radius 2 is 2.07 bits per heavy atom. The third kappa shape index (κ3) is 3.62. The number of hydrogen-bond acceptors (Lipinski definition) is 2. The van der Waals surface area contributed by atoms with E-state index in [9.17, 15) is 4.79 Å². The molecule has 0 N–H and O–H groups in total. The number of carbonyl (C=O) groups excluding carboxylic acids is 1. The van der Waals surface area contributed by atoms with Gasteiger partial charge in [-0.3, -0.25) is 4.79 Å². The molecule has 74 valence electrons. The summed E-state index contributed by atoms with van der Waals surface area (Å²) in [5, 5.41) is 0. The highest BCUT2D eigenvalue weighted by atomic mass is 35.5. The first-order valence-electron chi connectivity index (χ1n) is 4.21. The average Bonchev–Trinajstić information content (AvgIpc) is 2.17. The fraction of sp³-hybridized carbons (Fsp3) is 0.182. The van der Waals surface area contributed by atoms with Gasteiger partial charge in [0.15, 0.2) is 12.4 Å². The van der Waals surface area contributed by atoms with Crippen molar-refractivity contribution in [1.29, 1.82) is 0 Å². The lowest BCUT2D eigenvalue weighted by Crippen LogP contribution is -2.07. The van der Waals surface area contributed by atoms with Gasteiger partial charge in [0, 0.05) is 5.54 Å². The van der Waals surface area contributed by atoms with E-state index in [1.165, 1.54) is 11.6 Å². The van der Waals surface area contributed by atoms with Crippen molar-refractivity contribution in [3.63, 3.8) is 0 Å². The number of carbonyl (C=O) groups is 1. The van der Waals surface area contributed by atoms with Crippen LogP contribution in [-0.2, 0) is 4.79 Å². The van der Waals surface area contributed by atoms with Gasteiger partial charge >= 0.3 is 0 Å². The molecule has 0 aliphatic heterocycles. The van der Waals surface area contributed by atoms with Gasteiger partial charge in [0.1, 0.15) is 5.75 Å². The van der Waals surface area contributed by atoms with Gasteiger partial charge in [0.05, 0.1) is 0 Å².